The predicted octanol–water partition coefficient (Wildman–Crippen LogP) is 4.13. The molecule has 0 radical (unpaired) electrons. The van der Waals surface area contributed by atoms with Gasteiger partial charge >= 0.3 is 6.18 Å². The molecule has 2 aromatic rings. The number of nitrogens with zero attached hydrogens (tertiary/aromatic N) is 2. The summed E-state index contributed by atoms with van der Waals surface area (Å²) in [6, 6.07) is 4.59. The van der Waals surface area contributed by atoms with Crippen molar-refractivity contribution in [1.29, 1.82) is 0 Å². The van der Waals surface area contributed by atoms with Gasteiger partial charge in [0.05, 0.1) is 10.0 Å². The fourth-order valence-corrected chi connectivity index (χ4v) is 1.67. The van der Waals surface area contributed by atoms with E-state index in [-0.39, 0.29) is 11.0 Å². The lowest BCUT2D eigenvalue weighted by Gasteiger charge is -2.10. The summed E-state index contributed by atoms with van der Waals surface area (Å²) in [5, 5.41) is 3.32. The molecule has 0 aliphatic heterocycles. The maximum Gasteiger partial charge on any atom is 0.421 e. The zero-order valence-electron chi connectivity index (χ0n) is 9.67. The fourth-order valence-electron chi connectivity index (χ4n) is 1.38. The van der Waals surface area contributed by atoms with Gasteiger partial charge < -0.3 is 11.1 Å². The molecular formula is C11H7Cl2F3N4. The van der Waals surface area contributed by atoms with Crippen molar-refractivity contribution >= 4 is 40.7 Å². The van der Waals surface area contributed by atoms with Crippen LogP contribution in [-0.2, 0) is 6.18 Å². The zero-order chi connectivity index (χ0) is 14.9. The van der Waals surface area contributed by atoms with Crippen LogP contribution in [0.25, 0.3) is 0 Å². The number of anilines is 3. The largest absolute Gasteiger partial charge is 0.421 e. The molecule has 2 rings (SSSR count). The van der Waals surface area contributed by atoms with E-state index in [1.54, 1.807) is 6.07 Å². The molecular weight excluding hydrogens is 316 g/mol. The molecule has 3 N–H and O–H groups in total. The third-order valence-corrected chi connectivity index (χ3v) is 3.04. The first kappa shape index (κ1) is 14.7. The van der Waals surface area contributed by atoms with Crippen molar-refractivity contribution in [1.82, 2.24) is 9.97 Å². The van der Waals surface area contributed by atoms with Gasteiger partial charge in [-0.05, 0) is 18.2 Å². The van der Waals surface area contributed by atoms with Crippen LogP contribution in [0.15, 0.2) is 24.4 Å². The number of hydrogen-bond donors (Lipinski definition) is 2. The third-order valence-electron chi connectivity index (χ3n) is 2.30. The average Bonchev–Trinajstić information content (AvgIpc) is 2.32. The maximum atomic E-state index is 12.5. The average molecular weight is 323 g/mol. The number of nitrogens with one attached hydrogen (secondary N) is 1. The SMILES string of the molecule is Nc1nc(Nc2ccc(Cl)c(Cl)c2)ncc1C(F)(F)F. The second-order valence-electron chi connectivity index (χ2n) is 3.74. The van der Waals surface area contributed by atoms with Crippen molar-refractivity contribution in [3.05, 3.63) is 40.0 Å². The van der Waals surface area contributed by atoms with E-state index in [1.807, 2.05) is 0 Å². The van der Waals surface area contributed by atoms with Crippen molar-refractivity contribution in [2.24, 2.45) is 0 Å². The van der Waals surface area contributed by atoms with E-state index < -0.39 is 17.6 Å². The van der Waals surface area contributed by atoms with Crippen LogP contribution in [0.1, 0.15) is 5.56 Å². The van der Waals surface area contributed by atoms with E-state index >= 15 is 0 Å². The standard InChI is InChI=1S/C11H7Cl2F3N4/c12-7-2-1-5(3-8(7)13)19-10-18-4-6(9(17)20-10)11(14,15)16/h1-4H,(H3,17,18,19,20). The van der Waals surface area contributed by atoms with Crippen molar-refractivity contribution in [2.75, 3.05) is 11.1 Å². The molecule has 1 aromatic heterocycles. The molecule has 0 saturated carbocycles. The van der Waals surface area contributed by atoms with E-state index in [1.165, 1.54) is 12.1 Å². The van der Waals surface area contributed by atoms with E-state index in [2.05, 4.69) is 15.3 Å². The first-order valence-corrected chi connectivity index (χ1v) is 5.95. The molecule has 0 aliphatic carbocycles. The zero-order valence-corrected chi connectivity index (χ0v) is 11.2. The number of halogens is 5. The summed E-state index contributed by atoms with van der Waals surface area (Å²) in [6.45, 7) is 0. The lowest BCUT2D eigenvalue weighted by atomic mass is 10.3. The van der Waals surface area contributed by atoms with Crippen molar-refractivity contribution in [3.63, 3.8) is 0 Å². The maximum absolute atomic E-state index is 12.5. The second-order valence-corrected chi connectivity index (χ2v) is 4.56. The van der Waals surface area contributed by atoms with Crippen LogP contribution in [0.4, 0.5) is 30.6 Å². The Labute approximate surface area is 121 Å². The molecule has 0 fully saturated rings. The van der Waals surface area contributed by atoms with Gasteiger partial charge in [0.2, 0.25) is 5.95 Å². The number of benzene rings is 1. The molecule has 9 heteroatoms. The molecule has 0 spiro atoms. The van der Waals surface area contributed by atoms with Crippen LogP contribution >= 0.6 is 23.2 Å². The minimum absolute atomic E-state index is 0.0751. The lowest BCUT2D eigenvalue weighted by molar-refractivity contribution is -0.137. The van der Waals surface area contributed by atoms with Crippen LogP contribution in [0, 0.1) is 0 Å². The van der Waals surface area contributed by atoms with E-state index in [0.29, 0.717) is 16.9 Å². The Morgan fingerprint density at radius 3 is 2.40 bits per heavy atom. The summed E-state index contributed by atoms with van der Waals surface area (Å²) in [5.74, 6) is -0.732. The second kappa shape index (κ2) is 5.34. The highest BCUT2D eigenvalue weighted by Crippen LogP contribution is 2.33. The van der Waals surface area contributed by atoms with Gasteiger partial charge in [-0.25, -0.2) is 4.98 Å². The summed E-state index contributed by atoms with van der Waals surface area (Å²) in [6.07, 6.45) is -3.98. The van der Waals surface area contributed by atoms with Gasteiger partial charge in [-0.15, -0.1) is 0 Å². The molecule has 0 amide bonds. The topological polar surface area (TPSA) is 63.8 Å². The van der Waals surface area contributed by atoms with Crippen LogP contribution in [-0.4, -0.2) is 9.97 Å². The number of nitrogen functional groups attached to an aromatic ring is 1. The summed E-state index contributed by atoms with van der Waals surface area (Å²) in [4.78, 5) is 7.10. The Morgan fingerprint density at radius 1 is 1.15 bits per heavy atom. The molecule has 1 heterocycles. The monoisotopic (exact) mass is 322 g/mol. The van der Waals surface area contributed by atoms with E-state index in [9.17, 15) is 13.2 Å². The van der Waals surface area contributed by atoms with Crippen LogP contribution in [0.2, 0.25) is 10.0 Å². The first-order valence-electron chi connectivity index (χ1n) is 5.19. The van der Waals surface area contributed by atoms with Crippen molar-refractivity contribution in [3.8, 4) is 0 Å². The van der Waals surface area contributed by atoms with Gasteiger partial charge in [-0.2, -0.15) is 18.2 Å². The Hall–Kier alpha value is -1.73. The molecule has 0 saturated heterocycles. The van der Waals surface area contributed by atoms with Gasteiger partial charge in [-0.1, -0.05) is 23.2 Å². The van der Waals surface area contributed by atoms with Crippen LogP contribution in [0.3, 0.4) is 0 Å². The number of rotatable bonds is 2. The normalized spacial score (nSPS) is 11.4. The van der Waals surface area contributed by atoms with Gasteiger partial charge in [0, 0.05) is 11.9 Å². The fraction of sp³-hybridized carbons (Fsp3) is 0.0909. The summed E-state index contributed by atoms with van der Waals surface area (Å²) in [5.41, 5.74) is 4.64. The smallest absolute Gasteiger partial charge is 0.383 e. The van der Waals surface area contributed by atoms with Crippen LogP contribution in [0.5, 0.6) is 0 Å². The molecule has 0 unspecified atom stereocenters. The third kappa shape index (κ3) is 3.23. The molecule has 106 valence electrons. The number of aromatic nitrogens is 2. The Morgan fingerprint density at radius 2 is 1.85 bits per heavy atom. The predicted molar refractivity (Wildman–Crippen MR) is 71.2 cm³/mol. The van der Waals surface area contributed by atoms with Crippen LogP contribution < -0.4 is 11.1 Å². The highest BCUT2D eigenvalue weighted by Gasteiger charge is 2.34. The summed E-state index contributed by atoms with van der Waals surface area (Å²) >= 11 is 11.6. The Kier molecular flexibility index (Phi) is 3.92. The molecule has 0 aliphatic rings. The number of alkyl halides is 3. The Balaban J connectivity index is 2.26. The first-order chi connectivity index (χ1) is 9.27. The highest BCUT2D eigenvalue weighted by atomic mass is 35.5. The molecule has 0 bridgehead atoms. The summed E-state index contributed by atoms with van der Waals surface area (Å²) < 4.78 is 37.5. The van der Waals surface area contributed by atoms with Gasteiger partial charge in [0.25, 0.3) is 0 Å². The molecule has 4 nitrogen and oxygen atoms in total. The minimum atomic E-state index is -4.59. The van der Waals surface area contributed by atoms with Gasteiger partial charge in [-0.3, -0.25) is 0 Å². The molecule has 0 atom stereocenters. The van der Waals surface area contributed by atoms with E-state index in [0.717, 1.165) is 0 Å². The van der Waals surface area contributed by atoms with E-state index in [4.69, 9.17) is 28.9 Å². The van der Waals surface area contributed by atoms with Crippen molar-refractivity contribution in [2.45, 2.75) is 6.18 Å². The highest BCUT2D eigenvalue weighted by molar-refractivity contribution is 6.42. The molecule has 20 heavy (non-hydrogen) atoms. The quantitative estimate of drug-likeness (QED) is 0.872. The molecule has 1 aromatic carbocycles. The number of nitrogens with two attached hydrogens (primary N) is 1. The van der Waals surface area contributed by atoms with Crippen molar-refractivity contribution < 1.29 is 13.2 Å². The number of hydrogen-bond acceptors (Lipinski definition) is 4. The van der Waals surface area contributed by atoms with Gasteiger partial charge in [0.15, 0.2) is 0 Å². The Bertz CT molecular complexity index is 646. The lowest BCUT2D eigenvalue weighted by Crippen LogP contribution is -2.12. The minimum Gasteiger partial charge on any atom is -0.383 e. The summed E-state index contributed by atoms with van der Waals surface area (Å²) in [7, 11) is 0. The van der Waals surface area contributed by atoms with Gasteiger partial charge in [0.1, 0.15) is 11.4 Å².